The van der Waals surface area contributed by atoms with Crippen LogP contribution in [-0.4, -0.2) is 32.0 Å². The number of ether oxygens (including phenoxy) is 1. The van der Waals surface area contributed by atoms with Gasteiger partial charge >= 0.3 is 0 Å². The Morgan fingerprint density at radius 2 is 2.12 bits per heavy atom. The smallest absolute Gasteiger partial charge is 0.131 e. The van der Waals surface area contributed by atoms with Crippen molar-refractivity contribution in [2.45, 2.75) is 6.10 Å². The minimum atomic E-state index is -1.10. The number of aliphatic hydroxyl groups is 1. The van der Waals surface area contributed by atoms with Crippen molar-refractivity contribution in [3.8, 4) is 0 Å². The quantitative estimate of drug-likeness (QED) is 0.561. The summed E-state index contributed by atoms with van der Waals surface area (Å²) < 4.78 is 30.6. The highest BCUT2D eigenvalue weighted by Crippen LogP contribution is 2.17. The van der Waals surface area contributed by atoms with Gasteiger partial charge < -0.3 is 9.84 Å². The van der Waals surface area contributed by atoms with E-state index >= 15 is 0 Å². The van der Waals surface area contributed by atoms with E-state index in [1.165, 1.54) is 13.2 Å². The van der Waals surface area contributed by atoms with Gasteiger partial charge in [-0.05, 0) is 6.07 Å². The Hall–Kier alpha value is -1.08. The van der Waals surface area contributed by atoms with Crippen LogP contribution in [0.4, 0.5) is 8.78 Å². The number of rotatable bonds is 7. The number of nitrogens with one attached hydrogen (secondary N) is 1. The summed E-state index contributed by atoms with van der Waals surface area (Å²) in [5, 5.41) is 9.61. The van der Waals surface area contributed by atoms with E-state index in [-0.39, 0.29) is 12.1 Å². The van der Waals surface area contributed by atoms with Crippen LogP contribution in [0.3, 0.4) is 0 Å². The summed E-state index contributed by atoms with van der Waals surface area (Å²) >= 11 is 0. The van der Waals surface area contributed by atoms with E-state index in [4.69, 9.17) is 9.57 Å². The van der Waals surface area contributed by atoms with E-state index < -0.39 is 17.7 Å². The van der Waals surface area contributed by atoms with Crippen molar-refractivity contribution in [2.75, 3.05) is 26.9 Å². The van der Waals surface area contributed by atoms with E-state index in [0.717, 1.165) is 12.1 Å². The van der Waals surface area contributed by atoms with E-state index in [2.05, 4.69) is 5.48 Å². The van der Waals surface area contributed by atoms with Gasteiger partial charge in [0, 0.05) is 18.7 Å². The van der Waals surface area contributed by atoms with Gasteiger partial charge in [-0.2, -0.15) is 5.48 Å². The molecule has 1 rings (SSSR count). The summed E-state index contributed by atoms with van der Waals surface area (Å²) in [5.41, 5.74) is 2.49. The van der Waals surface area contributed by atoms with Crippen LogP contribution in [0.15, 0.2) is 18.2 Å². The summed E-state index contributed by atoms with van der Waals surface area (Å²) in [4.78, 5) is 4.90. The molecule has 0 aliphatic heterocycles. The van der Waals surface area contributed by atoms with E-state index in [9.17, 15) is 13.9 Å². The van der Waals surface area contributed by atoms with Crippen LogP contribution in [0.5, 0.6) is 0 Å². The van der Waals surface area contributed by atoms with Gasteiger partial charge in [-0.25, -0.2) is 8.78 Å². The van der Waals surface area contributed by atoms with Crippen LogP contribution in [0.1, 0.15) is 11.7 Å². The number of aliphatic hydroxyl groups excluding tert-OH is 1. The molecule has 0 radical (unpaired) electrons. The first-order chi connectivity index (χ1) is 8.15. The molecule has 1 unspecified atom stereocenters. The number of benzene rings is 1. The predicted molar refractivity (Wildman–Crippen MR) is 57.1 cm³/mol. The number of hydroxylamine groups is 1. The third kappa shape index (κ3) is 4.74. The molecule has 1 aromatic carbocycles. The largest absolute Gasteiger partial charge is 0.387 e. The second kappa shape index (κ2) is 7.29. The van der Waals surface area contributed by atoms with Gasteiger partial charge in [0.2, 0.25) is 0 Å². The molecular weight excluding hydrogens is 232 g/mol. The van der Waals surface area contributed by atoms with Crippen molar-refractivity contribution in [1.29, 1.82) is 0 Å². The molecule has 0 saturated carbocycles. The van der Waals surface area contributed by atoms with E-state index in [1.54, 1.807) is 0 Å². The Balaban J connectivity index is 2.38. The van der Waals surface area contributed by atoms with Crippen molar-refractivity contribution in [1.82, 2.24) is 5.48 Å². The normalized spacial score (nSPS) is 12.7. The monoisotopic (exact) mass is 247 g/mol. The van der Waals surface area contributed by atoms with Crippen molar-refractivity contribution in [2.24, 2.45) is 0 Å². The molecule has 0 bridgehead atoms. The Bertz CT molecular complexity index is 349. The Morgan fingerprint density at radius 1 is 1.35 bits per heavy atom. The number of hydrogen-bond acceptors (Lipinski definition) is 4. The second-order valence-corrected chi connectivity index (χ2v) is 3.37. The first-order valence-corrected chi connectivity index (χ1v) is 5.11. The minimum absolute atomic E-state index is 0.00622. The van der Waals surface area contributed by atoms with Crippen LogP contribution in [0.25, 0.3) is 0 Å². The van der Waals surface area contributed by atoms with Crippen LogP contribution in [-0.2, 0) is 9.57 Å². The fourth-order valence-corrected chi connectivity index (χ4v) is 1.22. The molecule has 0 aliphatic carbocycles. The molecule has 1 aromatic rings. The van der Waals surface area contributed by atoms with Crippen molar-refractivity contribution in [3.05, 3.63) is 35.4 Å². The Kier molecular flexibility index (Phi) is 5.99. The molecule has 17 heavy (non-hydrogen) atoms. The lowest BCUT2D eigenvalue weighted by atomic mass is 10.1. The van der Waals surface area contributed by atoms with Crippen LogP contribution < -0.4 is 5.48 Å². The zero-order valence-corrected chi connectivity index (χ0v) is 9.45. The van der Waals surface area contributed by atoms with E-state index in [0.29, 0.717) is 13.2 Å². The predicted octanol–water partition coefficient (Wildman–Crippen LogP) is 1.17. The average molecular weight is 247 g/mol. The highest BCUT2D eigenvalue weighted by molar-refractivity contribution is 5.20. The van der Waals surface area contributed by atoms with Gasteiger partial charge in [-0.1, -0.05) is 6.07 Å². The maximum absolute atomic E-state index is 13.2. The molecule has 6 heteroatoms. The fourth-order valence-electron chi connectivity index (χ4n) is 1.22. The van der Waals surface area contributed by atoms with E-state index in [1.807, 2.05) is 0 Å². The van der Waals surface area contributed by atoms with Crippen molar-refractivity contribution >= 4 is 0 Å². The molecule has 0 spiro atoms. The van der Waals surface area contributed by atoms with Gasteiger partial charge in [0.1, 0.15) is 11.6 Å². The molecule has 0 heterocycles. The number of methoxy groups -OCH3 is 1. The standard InChI is InChI=1S/C11H15F2NO3/c1-16-4-5-17-14-7-11(15)9-3-2-8(12)6-10(9)13/h2-3,6,11,14-15H,4-5,7H2,1H3. The minimum Gasteiger partial charge on any atom is -0.387 e. The van der Waals surface area contributed by atoms with Crippen LogP contribution in [0.2, 0.25) is 0 Å². The molecule has 0 saturated heterocycles. The Morgan fingerprint density at radius 3 is 2.76 bits per heavy atom. The molecule has 0 amide bonds. The molecule has 1 atom stereocenters. The zero-order chi connectivity index (χ0) is 12.7. The third-order valence-electron chi connectivity index (χ3n) is 2.09. The summed E-state index contributed by atoms with van der Waals surface area (Å²) in [6.45, 7) is 0.732. The van der Waals surface area contributed by atoms with Gasteiger partial charge in [0.15, 0.2) is 0 Å². The molecular formula is C11H15F2NO3. The summed E-state index contributed by atoms with van der Waals surface area (Å²) in [6.07, 6.45) is -1.10. The van der Waals surface area contributed by atoms with Crippen LogP contribution in [0, 0.1) is 11.6 Å². The molecule has 0 aromatic heterocycles. The van der Waals surface area contributed by atoms with Gasteiger partial charge in [-0.3, -0.25) is 4.84 Å². The molecule has 2 N–H and O–H groups in total. The molecule has 96 valence electrons. The molecule has 0 aliphatic rings. The summed E-state index contributed by atoms with van der Waals surface area (Å²) in [6, 6.07) is 3.02. The SMILES string of the molecule is COCCONCC(O)c1ccc(F)cc1F. The molecule has 0 fully saturated rings. The van der Waals surface area contributed by atoms with Crippen LogP contribution >= 0.6 is 0 Å². The highest BCUT2D eigenvalue weighted by atomic mass is 19.1. The summed E-state index contributed by atoms with van der Waals surface area (Å²) in [7, 11) is 1.53. The van der Waals surface area contributed by atoms with Crippen molar-refractivity contribution in [3.63, 3.8) is 0 Å². The first kappa shape index (κ1) is 14.0. The molecule has 4 nitrogen and oxygen atoms in total. The van der Waals surface area contributed by atoms with Gasteiger partial charge in [0.25, 0.3) is 0 Å². The topological polar surface area (TPSA) is 50.7 Å². The average Bonchev–Trinajstić information content (AvgIpc) is 2.28. The van der Waals surface area contributed by atoms with Crippen molar-refractivity contribution < 1.29 is 23.5 Å². The third-order valence-corrected chi connectivity index (χ3v) is 2.09. The Labute approximate surface area is 98.1 Å². The van der Waals surface area contributed by atoms with Gasteiger partial charge in [0.05, 0.1) is 25.9 Å². The number of hydrogen-bond donors (Lipinski definition) is 2. The number of halogens is 2. The summed E-state index contributed by atoms with van der Waals surface area (Å²) in [5.74, 6) is -1.46. The first-order valence-electron chi connectivity index (χ1n) is 5.11. The second-order valence-electron chi connectivity index (χ2n) is 3.37. The lowest BCUT2D eigenvalue weighted by molar-refractivity contribution is -0.0116. The lowest BCUT2D eigenvalue weighted by Crippen LogP contribution is -2.24. The lowest BCUT2D eigenvalue weighted by Gasteiger charge is -2.12. The fraction of sp³-hybridized carbons (Fsp3) is 0.455. The maximum atomic E-state index is 13.2. The highest BCUT2D eigenvalue weighted by Gasteiger charge is 2.13. The zero-order valence-electron chi connectivity index (χ0n) is 9.45. The van der Waals surface area contributed by atoms with Gasteiger partial charge in [-0.15, -0.1) is 0 Å². The maximum Gasteiger partial charge on any atom is 0.131 e.